The number of carbonyl (C=O) groups excluding carboxylic acids is 2. The first-order valence-electron chi connectivity index (χ1n) is 11.2. The van der Waals surface area contributed by atoms with E-state index in [9.17, 15) is 9.59 Å². The summed E-state index contributed by atoms with van der Waals surface area (Å²) in [5, 5.41) is 0. The summed E-state index contributed by atoms with van der Waals surface area (Å²) < 4.78 is 8.17. The third kappa shape index (κ3) is 3.33. The lowest BCUT2D eigenvalue weighted by molar-refractivity contribution is -0.144. The molecule has 0 unspecified atom stereocenters. The SMILES string of the molecule is CCOC(=O)Cn1c(=NC(=O)C23CC4CC(CC(C4)C2)C3)sc2c(C)cc(C)cc21. The largest absolute Gasteiger partial charge is 0.465 e. The number of aryl methyl sites for hydroxylation is 2. The Kier molecular flexibility index (Phi) is 4.88. The molecule has 4 aliphatic rings. The van der Waals surface area contributed by atoms with Crippen LogP contribution < -0.4 is 4.80 Å². The van der Waals surface area contributed by atoms with Gasteiger partial charge >= 0.3 is 5.97 Å². The number of benzene rings is 1. The molecule has 0 atom stereocenters. The van der Waals surface area contributed by atoms with Gasteiger partial charge in [0, 0.05) is 0 Å². The number of esters is 1. The number of carbonyl (C=O) groups is 2. The van der Waals surface area contributed by atoms with Crippen LogP contribution in [-0.2, 0) is 20.9 Å². The van der Waals surface area contributed by atoms with Gasteiger partial charge in [0.2, 0.25) is 0 Å². The van der Waals surface area contributed by atoms with E-state index in [1.165, 1.54) is 30.6 Å². The van der Waals surface area contributed by atoms with Crippen LogP contribution in [0, 0.1) is 37.0 Å². The Labute approximate surface area is 181 Å². The first-order valence-corrected chi connectivity index (χ1v) is 12.0. The highest BCUT2D eigenvalue weighted by Crippen LogP contribution is 2.60. The molecule has 1 heterocycles. The number of hydrogen-bond acceptors (Lipinski definition) is 4. The van der Waals surface area contributed by atoms with Crippen molar-refractivity contribution >= 4 is 33.4 Å². The minimum absolute atomic E-state index is 0.0418. The van der Waals surface area contributed by atoms with Gasteiger partial charge in [0.1, 0.15) is 6.54 Å². The van der Waals surface area contributed by atoms with E-state index in [0.717, 1.165) is 40.6 Å². The van der Waals surface area contributed by atoms with Gasteiger partial charge in [-0.05, 0) is 94.2 Å². The normalized spacial score (nSPS) is 30.2. The van der Waals surface area contributed by atoms with Crippen LogP contribution in [0.3, 0.4) is 0 Å². The van der Waals surface area contributed by atoms with E-state index in [4.69, 9.17) is 9.73 Å². The van der Waals surface area contributed by atoms with E-state index < -0.39 is 0 Å². The molecule has 4 saturated carbocycles. The maximum absolute atomic E-state index is 13.6. The second kappa shape index (κ2) is 7.33. The number of rotatable bonds is 4. The van der Waals surface area contributed by atoms with Crippen LogP contribution >= 0.6 is 11.3 Å². The van der Waals surface area contributed by atoms with Crippen LogP contribution in [0.5, 0.6) is 0 Å². The maximum atomic E-state index is 13.6. The van der Waals surface area contributed by atoms with Crippen molar-refractivity contribution in [3.8, 4) is 0 Å². The molecule has 1 amide bonds. The maximum Gasteiger partial charge on any atom is 0.326 e. The Morgan fingerprint density at radius 3 is 2.37 bits per heavy atom. The molecule has 4 fully saturated rings. The number of nitrogens with zero attached hydrogens (tertiary/aromatic N) is 2. The molecule has 0 N–H and O–H groups in total. The first-order chi connectivity index (χ1) is 14.4. The highest BCUT2D eigenvalue weighted by molar-refractivity contribution is 7.16. The second-order valence-electron chi connectivity index (χ2n) is 9.82. The summed E-state index contributed by atoms with van der Waals surface area (Å²) >= 11 is 1.52. The van der Waals surface area contributed by atoms with E-state index in [0.29, 0.717) is 29.2 Å². The fourth-order valence-electron chi connectivity index (χ4n) is 6.66. The average molecular weight is 427 g/mol. The van der Waals surface area contributed by atoms with Gasteiger partial charge in [-0.1, -0.05) is 17.4 Å². The lowest BCUT2D eigenvalue weighted by Gasteiger charge is -2.55. The van der Waals surface area contributed by atoms with Gasteiger partial charge in [0.15, 0.2) is 4.80 Å². The molecule has 160 valence electrons. The molecule has 5 nitrogen and oxygen atoms in total. The summed E-state index contributed by atoms with van der Waals surface area (Å²) in [6.07, 6.45) is 6.91. The van der Waals surface area contributed by atoms with E-state index in [2.05, 4.69) is 26.0 Å². The van der Waals surface area contributed by atoms with Crippen molar-refractivity contribution in [1.29, 1.82) is 0 Å². The summed E-state index contributed by atoms with van der Waals surface area (Å²) in [7, 11) is 0. The lowest BCUT2D eigenvalue weighted by atomic mass is 9.49. The zero-order valence-corrected chi connectivity index (χ0v) is 18.9. The van der Waals surface area contributed by atoms with Crippen LogP contribution in [-0.4, -0.2) is 23.1 Å². The van der Waals surface area contributed by atoms with Crippen LogP contribution in [0.25, 0.3) is 10.2 Å². The van der Waals surface area contributed by atoms with Crippen LogP contribution in [0.4, 0.5) is 0 Å². The number of amides is 1. The Morgan fingerprint density at radius 1 is 1.13 bits per heavy atom. The van der Waals surface area contributed by atoms with Gasteiger partial charge in [-0.25, -0.2) is 0 Å². The van der Waals surface area contributed by atoms with E-state index in [1.807, 2.05) is 11.5 Å². The van der Waals surface area contributed by atoms with Crippen molar-refractivity contribution in [3.63, 3.8) is 0 Å². The van der Waals surface area contributed by atoms with Crippen molar-refractivity contribution < 1.29 is 14.3 Å². The molecule has 30 heavy (non-hydrogen) atoms. The van der Waals surface area contributed by atoms with E-state index >= 15 is 0 Å². The second-order valence-corrected chi connectivity index (χ2v) is 10.8. The zero-order chi connectivity index (χ0) is 21.0. The molecule has 0 aliphatic heterocycles. The summed E-state index contributed by atoms with van der Waals surface area (Å²) in [5.41, 5.74) is 2.98. The number of hydrogen-bond donors (Lipinski definition) is 0. The third-order valence-electron chi connectivity index (χ3n) is 7.40. The summed E-state index contributed by atoms with van der Waals surface area (Å²) in [6.45, 7) is 6.37. The molecule has 6 heteroatoms. The lowest BCUT2D eigenvalue weighted by Crippen LogP contribution is -2.50. The monoisotopic (exact) mass is 426 g/mol. The summed E-state index contributed by atoms with van der Waals surface area (Å²) in [6, 6.07) is 4.21. The van der Waals surface area contributed by atoms with Crippen molar-refractivity contribution in [1.82, 2.24) is 4.57 Å². The van der Waals surface area contributed by atoms with E-state index in [-0.39, 0.29) is 23.8 Å². The van der Waals surface area contributed by atoms with Gasteiger partial charge in [0.25, 0.3) is 5.91 Å². The number of aromatic nitrogens is 1. The van der Waals surface area contributed by atoms with Crippen LogP contribution in [0.2, 0.25) is 0 Å². The molecule has 2 aromatic rings. The predicted octanol–water partition coefficient (Wildman–Crippen LogP) is 4.53. The molecular formula is C24H30N2O3S. The minimum Gasteiger partial charge on any atom is -0.465 e. The van der Waals surface area contributed by atoms with Gasteiger partial charge in [-0.3, -0.25) is 9.59 Å². The molecule has 1 aromatic heterocycles. The van der Waals surface area contributed by atoms with E-state index in [1.54, 1.807) is 0 Å². The van der Waals surface area contributed by atoms with Crippen molar-refractivity contribution in [3.05, 3.63) is 28.1 Å². The summed E-state index contributed by atoms with van der Waals surface area (Å²) in [4.78, 5) is 31.2. The standard InChI is InChI=1S/C24H30N2O3S/c1-4-29-20(27)13-26-19-6-14(2)5-15(3)21(19)30-23(26)25-22(28)24-10-16-7-17(11-24)9-18(8-16)12-24/h5-6,16-18H,4,7-13H2,1-3H3. The van der Waals surface area contributed by atoms with Crippen LogP contribution in [0.1, 0.15) is 56.6 Å². The van der Waals surface area contributed by atoms with Crippen molar-refractivity contribution in [2.24, 2.45) is 28.2 Å². The molecule has 4 bridgehead atoms. The topological polar surface area (TPSA) is 60.7 Å². The Balaban J connectivity index is 1.59. The van der Waals surface area contributed by atoms with Gasteiger partial charge in [0.05, 0.1) is 22.2 Å². The average Bonchev–Trinajstić information content (AvgIpc) is 2.98. The van der Waals surface area contributed by atoms with Gasteiger partial charge < -0.3 is 9.30 Å². The number of thiazole rings is 1. The third-order valence-corrected chi connectivity index (χ3v) is 8.63. The minimum atomic E-state index is -0.292. The predicted molar refractivity (Wildman–Crippen MR) is 117 cm³/mol. The molecule has 4 aliphatic carbocycles. The Bertz CT molecular complexity index is 1060. The summed E-state index contributed by atoms with van der Waals surface area (Å²) in [5.74, 6) is 1.86. The fourth-order valence-corrected chi connectivity index (χ4v) is 7.74. The Hall–Kier alpha value is -1.95. The van der Waals surface area contributed by atoms with Crippen molar-refractivity contribution in [2.75, 3.05) is 6.61 Å². The molecule has 0 spiro atoms. The highest BCUT2D eigenvalue weighted by Gasteiger charge is 2.54. The molecule has 0 radical (unpaired) electrons. The zero-order valence-electron chi connectivity index (χ0n) is 18.1. The Morgan fingerprint density at radius 2 is 1.77 bits per heavy atom. The first kappa shape index (κ1) is 20.0. The van der Waals surface area contributed by atoms with Crippen LogP contribution in [0.15, 0.2) is 17.1 Å². The highest BCUT2D eigenvalue weighted by atomic mass is 32.1. The van der Waals surface area contributed by atoms with Gasteiger partial charge in [-0.15, -0.1) is 0 Å². The molecule has 0 saturated heterocycles. The molecule has 1 aromatic carbocycles. The quantitative estimate of drug-likeness (QED) is 0.675. The number of fused-ring (bicyclic) bond motifs is 1. The van der Waals surface area contributed by atoms with Crippen molar-refractivity contribution in [2.45, 2.75) is 65.8 Å². The molecule has 6 rings (SSSR count). The number of ether oxygens (including phenoxy) is 1. The smallest absolute Gasteiger partial charge is 0.326 e. The fraction of sp³-hybridized carbons (Fsp3) is 0.625. The van der Waals surface area contributed by atoms with Gasteiger partial charge in [-0.2, -0.15) is 4.99 Å². The molecular weight excluding hydrogens is 396 g/mol.